The fourth-order valence-corrected chi connectivity index (χ4v) is 3.22. The third-order valence-electron chi connectivity index (χ3n) is 5.09. The van der Waals surface area contributed by atoms with Crippen molar-refractivity contribution >= 4 is 28.3 Å². The number of anilines is 1. The van der Waals surface area contributed by atoms with Crippen molar-refractivity contribution in [3.05, 3.63) is 69.6 Å². The third kappa shape index (κ3) is 4.99. The maximum Gasteiger partial charge on any atom is 0.360 e. The molecule has 0 aliphatic rings. The van der Waals surface area contributed by atoms with Gasteiger partial charge in [0.2, 0.25) is 0 Å². The predicted octanol–water partition coefficient (Wildman–Crippen LogP) is 4.00. The minimum absolute atomic E-state index is 0.0256. The molecule has 3 aromatic rings. The van der Waals surface area contributed by atoms with E-state index in [4.69, 9.17) is 4.74 Å². The van der Waals surface area contributed by atoms with Crippen LogP contribution in [0.3, 0.4) is 0 Å². The highest BCUT2D eigenvalue weighted by atomic mass is 16.5. The van der Waals surface area contributed by atoms with Gasteiger partial charge in [-0.1, -0.05) is 43.7 Å². The lowest BCUT2D eigenvalue weighted by atomic mass is 10.1. The average Bonchev–Trinajstić information content (AvgIpc) is 2.75. The van der Waals surface area contributed by atoms with Crippen molar-refractivity contribution in [2.75, 3.05) is 5.32 Å². The van der Waals surface area contributed by atoms with Gasteiger partial charge in [-0.25, -0.2) is 9.48 Å². The van der Waals surface area contributed by atoms with E-state index in [0.29, 0.717) is 23.0 Å². The summed E-state index contributed by atoms with van der Waals surface area (Å²) in [7, 11) is 0. The molecule has 7 nitrogen and oxygen atoms in total. The van der Waals surface area contributed by atoms with Crippen molar-refractivity contribution in [2.45, 2.75) is 53.2 Å². The standard InChI is InChI=1S/C24H27N3O4/c1-5-6-13-27-23(29)19-10-8-7-9-18(19)21(26-27)24(30)31-17(4)22(28)25-20-14-15(2)11-12-16(20)3/h7-12,14,17H,5-6,13H2,1-4H3,(H,25,28)/t17-/m1/s1. The number of hydrogen-bond acceptors (Lipinski definition) is 5. The van der Waals surface area contributed by atoms with Crippen LogP contribution in [0.1, 0.15) is 48.3 Å². The Morgan fingerprint density at radius 3 is 2.55 bits per heavy atom. The second-order valence-corrected chi connectivity index (χ2v) is 7.63. The first kappa shape index (κ1) is 22.2. The monoisotopic (exact) mass is 421 g/mol. The summed E-state index contributed by atoms with van der Waals surface area (Å²) >= 11 is 0. The highest BCUT2D eigenvalue weighted by molar-refractivity contribution is 6.03. The van der Waals surface area contributed by atoms with Gasteiger partial charge < -0.3 is 10.1 Å². The van der Waals surface area contributed by atoms with Gasteiger partial charge in [0.25, 0.3) is 11.5 Å². The second kappa shape index (κ2) is 9.55. The van der Waals surface area contributed by atoms with Crippen molar-refractivity contribution in [1.82, 2.24) is 9.78 Å². The number of esters is 1. The molecular weight excluding hydrogens is 394 g/mol. The van der Waals surface area contributed by atoms with Gasteiger partial charge in [-0.2, -0.15) is 5.10 Å². The zero-order valence-corrected chi connectivity index (χ0v) is 18.3. The molecule has 1 atom stereocenters. The molecule has 0 bridgehead atoms. The summed E-state index contributed by atoms with van der Waals surface area (Å²) in [4.78, 5) is 38.2. The molecule has 0 radical (unpaired) electrons. The van der Waals surface area contributed by atoms with Gasteiger partial charge in [-0.15, -0.1) is 0 Å². The van der Waals surface area contributed by atoms with Crippen LogP contribution in [0.15, 0.2) is 47.3 Å². The van der Waals surface area contributed by atoms with E-state index in [2.05, 4.69) is 10.4 Å². The number of rotatable bonds is 7. The van der Waals surface area contributed by atoms with Crippen molar-refractivity contribution in [1.29, 1.82) is 0 Å². The zero-order chi connectivity index (χ0) is 22.5. The fraction of sp³-hybridized carbons (Fsp3) is 0.333. The van der Waals surface area contributed by atoms with Crippen LogP contribution in [0.4, 0.5) is 5.69 Å². The lowest BCUT2D eigenvalue weighted by Crippen LogP contribution is -2.32. The Morgan fingerprint density at radius 2 is 1.84 bits per heavy atom. The van der Waals surface area contributed by atoms with Crippen molar-refractivity contribution in [3.8, 4) is 0 Å². The molecule has 7 heteroatoms. The molecule has 0 unspecified atom stereocenters. The van der Waals surface area contributed by atoms with Crippen LogP contribution in [0, 0.1) is 13.8 Å². The van der Waals surface area contributed by atoms with Crippen molar-refractivity contribution in [2.24, 2.45) is 0 Å². The molecule has 1 aromatic heterocycles. The van der Waals surface area contributed by atoms with Crippen molar-refractivity contribution in [3.63, 3.8) is 0 Å². The average molecular weight is 421 g/mol. The number of aryl methyl sites for hydroxylation is 3. The number of hydrogen-bond donors (Lipinski definition) is 1. The number of nitrogens with one attached hydrogen (secondary N) is 1. The van der Waals surface area contributed by atoms with Gasteiger partial charge in [0.05, 0.1) is 5.39 Å². The largest absolute Gasteiger partial charge is 0.448 e. The van der Waals surface area contributed by atoms with E-state index in [-0.39, 0.29) is 11.3 Å². The lowest BCUT2D eigenvalue weighted by Gasteiger charge is -2.16. The van der Waals surface area contributed by atoms with E-state index < -0.39 is 18.0 Å². The Kier molecular flexibility index (Phi) is 6.84. The van der Waals surface area contributed by atoms with Crippen LogP contribution in [0.25, 0.3) is 10.8 Å². The molecule has 1 heterocycles. The maximum absolute atomic E-state index is 12.9. The predicted molar refractivity (Wildman–Crippen MR) is 120 cm³/mol. The number of amides is 1. The van der Waals surface area contributed by atoms with E-state index >= 15 is 0 Å². The minimum atomic E-state index is -1.04. The van der Waals surface area contributed by atoms with Crippen LogP contribution in [0.2, 0.25) is 0 Å². The number of aromatic nitrogens is 2. The smallest absolute Gasteiger partial charge is 0.360 e. The first-order chi connectivity index (χ1) is 14.8. The molecule has 162 valence electrons. The highest BCUT2D eigenvalue weighted by Gasteiger charge is 2.23. The van der Waals surface area contributed by atoms with Crippen LogP contribution in [0.5, 0.6) is 0 Å². The van der Waals surface area contributed by atoms with E-state index in [1.807, 2.05) is 39.0 Å². The summed E-state index contributed by atoms with van der Waals surface area (Å²) in [6.45, 7) is 7.75. The molecule has 3 rings (SSSR count). The molecule has 0 saturated carbocycles. The maximum atomic E-state index is 12.9. The van der Waals surface area contributed by atoms with Gasteiger partial charge in [-0.05, 0) is 50.5 Å². The lowest BCUT2D eigenvalue weighted by molar-refractivity contribution is -0.123. The van der Waals surface area contributed by atoms with E-state index in [9.17, 15) is 14.4 Å². The molecular formula is C24H27N3O4. The van der Waals surface area contributed by atoms with E-state index in [1.54, 1.807) is 24.3 Å². The molecule has 0 aliphatic carbocycles. The van der Waals surface area contributed by atoms with Gasteiger partial charge in [0.15, 0.2) is 11.8 Å². The number of unbranched alkanes of at least 4 members (excludes halogenated alkanes) is 1. The van der Waals surface area contributed by atoms with Crippen LogP contribution in [-0.2, 0) is 16.1 Å². The second-order valence-electron chi connectivity index (χ2n) is 7.63. The normalized spacial score (nSPS) is 11.9. The molecule has 0 spiro atoms. The van der Waals surface area contributed by atoms with Crippen LogP contribution < -0.4 is 10.9 Å². The summed E-state index contributed by atoms with van der Waals surface area (Å²) < 4.78 is 6.71. The molecule has 1 amide bonds. The topological polar surface area (TPSA) is 90.3 Å². The molecule has 0 saturated heterocycles. The van der Waals surface area contributed by atoms with E-state index in [0.717, 1.165) is 24.0 Å². The molecule has 2 aromatic carbocycles. The first-order valence-corrected chi connectivity index (χ1v) is 10.4. The Labute approximate surface area is 181 Å². The number of nitrogens with zero attached hydrogens (tertiary/aromatic N) is 2. The fourth-order valence-electron chi connectivity index (χ4n) is 3.22. The van der Waals surface area contributed by atoms with Gasteiger partial charge in [0, 0.05) is 17.6 Å². The highest BCUT2D eigenvalue weighted by Crippen LogP contribution is 2.18. The number of benzene rings is 2. The summed E-state index contributed by atoms with van der Waals surface area (Å²) in [6.07, 6.45) is 0.606. The Bertz CT molecular complexity index is 1180. The molecule has 0 fully saturated rings. The summed E-state index contributed by atoms with van der Waals surface area (Å²) in [5.74, 6) is -1.18. The van der Waals surface area contributed by atoms with Crippen molar-refractivity contribution < 1.29 is 14.3 Å². The van der Waals surface area contributed by atoms with E-state index in [1.165, 1.54) is 11.6 Å². The number of carbonyl (C=O) groups excluding carboxylic acids is 2. The van der Waals surface area contributed by atoms with Gasteiger partial charge in [-0.3, -0.25) is 9.59 Å². The number of ether oxygens (including phenoxy) is 1. The SMILES string of the molecule is CCCCn1nc(C(=O)O[C@H](C)C(=O)Nc2cc(C)ccc2C)c2ccccc2c1=O. The summed E-state index contributed by atoms with van der Waals surface area (Å²) in [6, 6.07) is 12.5. The quantitative estimate of drug-likeness (QED) is 0.583. The number of fused-ring (bicyclic) bond motifs is 1. The number of carbonyl (C=O) groups is 2. The molecule has 0 aliphatic heterocycles. The minimum Gasteiger partial charge on any atom is -0.448 e. The molecule has 1 N–H and O–H groups in total. The van der Waals surface area contributed by atoms with Crippen LogP contribution >= 0.6 is 0 Å². The summed E-state index contributed by atoms with van der Waals surface area (Å²) in [5.41, 5.74) is 2.37. The Hall–Kier alpha value is -3.48. The summed E-state index contributed by atoms with van der Waals surface area (Å²) in [5, 5.41) is 7.87. The van der Waals surface area contributed by atoms with Gasteiger partial charge in [0.1, 0.15) is 0 Å². The third-order valence-corrected chi connectivity index (χ3v) is 5.09. The van der Waals surface area contributed by atoms with Crippen LogP contribution in [-0.4, -0.2) is 27.8 Å². The molecule has 31 heavy (non-hydrogen) atoms. The zero-order valence-electron chi connectivity index (χ0n) is 18.3. The Morgan fingerprint density at radius 1 is 1.13 bits per heavy atom. The van der Waals surface area contributed by atoms with Gasteiger partial charge >= 0.3 is 5.97 Å². The first-order valence-electron chi connectivity index (χ1n) is 10.4. The Balaban J connectivity index is 1.85.